The van der Waals surface area contributed by atoms with Crippen LogP contribution >= 0.6 is 0 Å². The standard InChI is InChI=1S/C23H29N3O4.H2/c1-30-17-8-9-18-19(13-24-20(18)12-17)22(28)23(29)26(14-16-6-3-2-4-7-16)15-21(27)25-10-5-11-25;/h8-9,12-13,16,24H,2-7,10-11,14-15H2,1H3;1H. The Morgan fingerprint density at radius 2 is 1.93 bits per heavy atom. The van der Waals surface area contributed by atoms with Crippen LogP contribution in [0.4, 0.5) is 0 Å². The number of methoxy groups -OCH3 is 1. The Morgan fingerprint density at radius 3 is 2.60 bits per heavy atom. The maximum absolute atomic E-state index is 13.2. The fourth-order valence-electron chi connectivity index (χ4n) is 4.41. The smallest absolute Gasteiger partial charge is 0.295 e. The minimum Gasteiger partial charge on any atom is -0.497 e. The van der Waals surface area contributed by atoms with E-state index in [4.69, 9.17) is 4.74 Å². The lowest BCUT2D eigenvalue weighted by atomic mass is 9.88. The van der Waals surface area contributed by atoms with Crippen molar-refractivity contribution in [2.75, 3.05) is 33.3 Å². The number of ketones is 1. The lowest BCUT2D eigenvalue weighted by Gasteiger charge is -2.34. The quantitative estimate of drug-likeness (QED) is 0.558. The average molecular weight is 414 g/mol. The van der Waals surface area contributed by atoms with Gasteiger partial charge in [-0.05, 0) is 37.3 Å². The summed E-state index contributed by atoms with van der Waals surface area (Å²) in [7, 11) is 1.58. The Kier molecular flexibility index (Phi) is 6.06. The van der Waals surface area contributed by atoms with Crippen LogP contribution < -0.4 is 4.74 Å². The predicted octanol–water partition coefficient (Wildman–Crippen LogP) is 3.25. The molecule has 2 fully saturated rings. The van der Waals surface area contributed by atoms with Crippen LogP contribution in [-0.4, -0.2) is 65.7 Å². The van der Waals surface area contributed by atoms with Crippen molar-refractivity contribution in [2.24, 2.45) is 5.92 Å². The molecule has 2 aliphatic rings. The summed E-state index contributed by atoms with van der Waals surface area (Å²) in [6.07, 6.45) is 8.16. The number of hydrogen-bond acceptors (Lipinski definition) is 4. The molecular formula is C23H31N3O4. The summed E-state index contributed by atoms with van der Waals surface area (Å²) in [6, 6.07) is 5.34. The molecule has 0 spiro atoms. The number of nitrogens with one attached hydrogen (secondary N) is 1. The monoisotopic (exact) mass is 413 g/mol. The summed E-state index contributed by atoms with van der Waals surface area (Å²) in [5.74, 6) is -0.202. The maximum Gasteiger partial charge on any atom is 0.295 e. The molecule has 2 aromatic rings. The van der Waals surface area contributed by atoms with Crippen molar-refractivity contribution in [2.45, 2.75) is 38.5 Å². The van der Waals surface area contributed by atoms with Gasteiger partial charge in [0, 0.05) is 44.2 Å². The number of nitrogens with zero attached hydrogens (tertiary/aromatic N) is 2. The van der Waals surface area contributed by atoms with Crippen LogP contribution in [-0.2, 0) is 9.59 Å². The molecule has 2 heterocycles. The Balaban J connectivity index is 0.00000272. The molecule has 0 unspecified atom stereocenters. The van der Waals surface area contributed by atoms with E-state index in [1.807, 2.05) is 0 Å². The van der Waals surface area contributed by atoms with E-state index in [0.29, 0.717) is 29.2 Å². The Hall–Kier alpha value is -2.83. The van der Waals surface area contributed by atoms with Crippen molar-refractivity contribution < 1.29 is 20.5 Å². The summed E-state index contributed by atoms with van der Waals surface area (Å²) in [4.78, 5) is 45.2. The molecule has 4 rings (SSSR count). The number of ether oxygens (including phenoxy) is 1. The maximum atomic E-state index is 13.2. The number of rotatable bonds is 7. The Labute approximate surface area is 177 Å². The number of aromatic amines is 1. The third-order valence-electron chi connectivity index (χ3n) is 6.35. The number of hydrogen-bond donors (Lipinski definition) is 1. The normalized spacial score (nSPS) is 16.9. The number of likely N-dealkylation sites (tertiary alicyclic amines) is 1. The van der Waals surface area contributed by atoms with Gasteiger partial charge in [0.15, 0.2) is 0 Å². The number of fused-ring (bicyclic) bond motifs is 1. The van der Waals surface area contributed by atoms with Crippen molar-refractivity contribution in [3.05, 3.63) is 30.0 Å². The Morgan fingerprint density at radius 1 is 1.17 bits per heavy atom. The third-order valence-corrected chi connectivity index (χ3v) is 6.35. The molecule has 2 amide bonds. The van der Waals surface area contributed by atoms with Gasteiger partial charge in [0.25, 0.3) is 11.7 Å². The number of carbonyl (C=O) groups is 3. The molecule has 1 aliphatic heterocycles. The zero-order valence-corrected chi connectivity index (χ0v) is 17.5. The molecule has 1 aromatic heterocycles. The van der Waals surface area contributed by atoms with Crippen LogP contribution in [0.5, 0.6) is 5.75 Å². The van der Waals surface area contributed by atoms with Gasteiger partial charge in [0.05, 0.1) is 12.7 Å². The van der Waals surface area contributed by atoms with Gasteiger partial charge in [-0.15, -0.1) is 0 Å². The number of amides is 2. The molecule has 1 aromatic carbocycles. The van der Waals surface area contributed by atoms with Crippen LogP contribution in [0.15, 0.2) is 24.4 Å². The first-order valence-corrected chi connectivity index (χ1v) is 10.8. The largest absolute Gasteiger partial charge is 0.497 e. The first kappa shape index (κ1) is 20.4. The number of H-pyrrole nitrogens is 1. The van der Waals surface area contributed by atoms with Gasteiger partial charge in [-0.2, -0.15) is 0 Å². The SMILES string of the molecule is COc1ccc2c(C(=O)C(=O)N(CC(=O)N3CCC3)CC3CCCCC3)c[nH]c2c1.[HH]. The first-order valence-electron chi connectivity index (χ1n) is 10.8. The van der Waals surface area contributed by atoms with E-state index in [1.165, 1.54) is 11.3 Å². The summed E-state index contributed by atoms with van der Waals surface area (Å²) < 4.78 is 5.22. The van der Waals surface area contributed by atoms with E-state index < -0.39 is 11.7 Å². The molecule has 1 aliphatic carbocycles. The summed E-state index contributed by atoms with van der Waals surface area (Å²) in [5.41, 5.74) is 1.07. The second kappa shape index (κ2) is 8.90. The molecule has 0 radical (unpaired) electrons. The van der Waals surface area contributed by atoms with Gasteiger partial charge in [-0.3, -0.25) is 14.4 Å². The second-order valence-corrected chi connectivity index (χ2v) is 8.37. The molecule has 30 heavy (non-hydrogen) atoms. The minimum atomic E-state index is -0.592. The fourth-order valence-corrected chi connectivity index (χ4v) is 4.41. The number of aromatic nitrogens is 1. The van der Waals surface area contributed by atoms with Crippen molar-refractivity contribution in [1.82, 2.24) is 14.8 Å². The van der Waals surface area contributed by atoms with E-state index in [1.54, 1.807) is 36.4 Å². The van der Waals surface area contributed by atoms with Crippen LogP contribution in [0.2, 0.25) is 0 Å². The summed E-state index contributed by atoms with van der Waals surface area (Å²) in [5, 5.41) is 0.681. The van der Waals surface area contributed by atoms with Crippen LogP contribution in [0.3, 0.4) is 0 Å². The van der Waals surface area contributed by atoms with Crippen LogP contribution in [0.25, 0.3) is 10.9 Å². The highest BCUT2D eigenvalue weighted by Gasteiger charge is 2.31. The number of Topliss-reactive ketones (excluding diaryl/α,β-unsaturated/α-hetero) is 1. The van der Waals surface area contributed by atoms with Crippen molar-refractivity contribution in [1.29, 1.82) is 0 Å². The van der Waals surface area contributed by atoms with Gasteiger partial charge in [-0.25, -0.2) is 0 Å². The lowest BCUT2D eigenvalue weighted by molar-refractivity contribution is -0.141. The van der Waals surface area contributed by atoms with Gasteiger partial charge < -0.3 is 19.5 Å². The van der Waals surface area contributed by atoms with E-state index in [9.17, 15) is 14.4 Å². The summed E-state index contributed by atoms with van der Waals surface area (Å²) in [6.45, 7) is 1.93. The molecule has 7 heteroatoms. The van der Waals surface area contributed by atoms with E-state index in [-0.39, 0.29) is 13.9 Å². The van der Waals surface area contributed by atoms with Crippen molar-refractivity contribution in [3.63, 3.8) is 0 Å². The number of carbonyl (C=O) groups excluding carboxylic acids is 3. The highest BCUT2D eigenvalue weighted by atomic mass is 16.5. The molecule has 1 saturated heterocycles. The van der Waals surface area contributed by atoms with Gasteiger partial charge in [-0.1, -0.05) is 19.3 Å². The number of benzene rings is 1. The molecule has 0 atom stereocenters. The zero-order valence-electron chi connectivity index (χ0n) is 17.5. The highest BCUT2D eigenvalue weighted by molar-refractivity contribution is 6.45. The predicted molar refractivity (Wildman–Crippen MR) is 116 cm³/mol. The van der Waals surface area contributed by atoms with Gasteiger partial charge in [0.2, 0.25) is 5.91 Å². The molecule has 1 N–H and O–H groups in total. The zero-order chi connectivity index (χ0) is 21.1. The van der Waals surface area contributed by atoms with Crippen molar-refractivity contribution in [3.8, 4) is 5.75 Å². The van der Waals surface area contributed by atoms with Crippen molar-refractivity contribution >= 4 is 28.5 Å². The van der Waals surface area contributed by atoms with Crippen LogP contribution in [0.1, 0.15) is 50.3 Å². The topological polar surface area (TPSA) is 82.7 Å². The lowest BCUT2D eigenvalue weighted by Crippen LogP contribution is -2.50. The highest BCUT2D eigenvalue weighted by Crippen LogP contribution is 2.26. The fraction of sp³-hybridized carbons (Fsp3) is 0.522. The molecule has 0 bridgehead atoms. The molecule has 1 saturated carbocycles. The molecular weight excluding hydrogens is 382 g/mol. The second-order valence-electron chi connectivity index (χ2n) is 8.37. The van der Waals surface area contributed by atoms with E-state index in [0.717, 1.165) is 50.7 Å². The Bertz CT molecular complexity index is 947. The summed E-state index contributed by atoms with van der Waals surface area (Å²) >= 11 is 0. The first-order chi connectivity index (χ1) is 14.6. The van der Waals surface area contributed by atoms with Gasteiger partial charge >= 0.3 is 0 Å². The van der Waals surface area contributed by atoms with Crippen LogP contribution in [0, 0.1) is 5.92 Å². The third kappa shape index (κ3) is 4.20. The van der Waals surface area contributed by atoms with Gasteiger partial charge in [0.1, 0.15) is 12.3 Å². The van der Waals surface area contributed by atoms with E-state index in [2.05, 4.69) is 4.98 Å². The minimum absolute atomic E-state index is 0. The van der Waals surface area contributed by atoms with E-state index >= 15 is 0 Å². The molecule has 7 nitrogen and oxygen atoms in total. The average Bonchev–Trinajstić information content (AvgIpc) is 3.14. The molecule has 162 valence electrons.